The largest absolute Gasteiger partial charge is 0.349 e. The molecule has 1 aliphatic carbocycles. The van der Waals surface area contributed by atoms with Crippen LogP contribution in [0.3, 0.4) is 0 Å². The van der Waals surface area contributed by atoms with Crippen LogP contribution in [-0.4, -0.2) is 18.0 Å². The molecule has 5 heteroatoms. The molecule has 0 unspecified atom stereocenters. The van der Waals surface area contributed by atoms with Crippen LogP contribution in [0.1, 0.15) is 28.8 Å². The maximum absolute atomic E-state index is 12.0. The summed E-state index contributed by atoms with van der Waals surface area (Å²) in [4.78, 5) is 23.9. The summed E-state index contributed by atoms with van der Waals surface area (Å²) in [5.74, 6) is -0.0663. The summed E-state index contributed by atoms with van der Waals surface area (Å²) in [7, 11) is 0. The number of carbonyl (C=O) groups excluding carboxylic acids is 2. The first kappa shape index (κ1) is 15.1. The SMILES string of the molecule is Cc1ccccc1NC(=O)Nc1ccc(C(=O)NC2CC2)cc1. The molecule has 23 heavy (non-hydrogen) atoms. The van der Waals surface area contributed by atoms with Gasteiger partial charge in [-0.25, -0.2) is 4.79 Å². The molecule has 0 aromatic heterocycles. The molecule has 1 saturated carbocycles. The van der Waals surface area contributed by atoms with Gasteiger partial charge in [-0.05, 0) is 55.7 Å². The molecule has 3 amide bonds. The van der Waals surface area contributed by atoms with E-state index >= 15 is 0 Å². The van der Waals surface area contributed by atoms with Gasteiger partial charge < -0.3 is 16.0 Å². The molecule has 3 N–H and O–H groups in total. The second-order valence-corrected chi connectivity index (χ2v) is 5.72. The first-order valence-corrected chi connectivity index (χ1v) is 7.66. The van der Waals surface area contributed by atoms with Crippen LogP contribution >= 0.6 is 0 Å². The van der Waals surface area contributed by atoms with Gasteiger partial charge in [0, 0.05) is 23.0 Å². The fourth-order valence-corrected chi connectivity index (χ4v) is 2.20. The average molecular weight is 309 g/mol. The van der Waals surface area contributed by atoms with E-state index in [0.29, 0.717) is 17.3 Å². The van der Waals surface area contributed by atoms with Crippen LogP contribution < -0.4 is 16.0 Å². The Morgan fingerprint density at radius 2 is 1.65 bits per heavy atom. The lowest BCUT2D eigenvalue weighted by molar-refractivity contribution is 0.0951. The smallest absolute Gasteiger partial charge is 0.323 e. The molecule has 118 valence electrons. The zero-order valence-corrected chi connectivity index (χ0v) is 12.9. The molecule has 1 aliphatic rings. The minimum atomic E-state index is -0.311. The number of anilines is 2. The van der Waals surface area contributed by atoms with Gasteiger partial charge in [-0.15, -0.1) is 0 Å². The molecular weight excluding hydrogens is 290 g/mol. The van der Waals surface area contributed by atoms with E-state index in [1.54, 1.807) is 24.3 Å². The van der Waals surface area contributed by atoms with Gasteiger partial charge in [-0.2, -0.15) is 0 Å². The molecule has 0 atom stereocenters. The first-order chi connectivity index (χ1) is 11.1. The van der Waals surface area contributed by atoms with E-state index in [1.165, 1.54) is 0 Å². The second-order valence-electron chi connectivity index (χ2n) is 5.72. The molecule has 3 rings (SSSR count). The van der Waals surface area contributed by atoms with Crippen molar-refractivity contribution in [3.05, 3.63) is 59.7 Å². The summed E-state index contributed by atoms with van der Waals surface area (Å²) in [5, 5.41) is 8.49. The van der Waals surface area contributed by atoms with Crippen molar-refractivity contribution in [2.75, 3.05) is 10.6 Å². The number of nitrogens with one attached hydrogen (secondary N) is 3. The molecule has 0 radical (unpaired) electrons. The van der Waals surface area contributed by atoms with Gasteiger partial charge >= 0.3 is 6.03 Å². The van der Waals surface area contributed by atoms with Crippen LogP contribution in [0.15, 0.2) is 48.5 Å². The van der Waals surface area contributed by atoms with E-state index in [-0.39, 0.29) is 11.9 Å². The molecule has 2 aromatic carbocycles. The molecule has 0 heterocycles. The van der Waals surface area contributed by atoms with Crippen LogP contribution in [-0.2, 0) is 0 Å². The summed E-state index contributed by atoms with van der Waals surface area (Å²) >= 11 is 0. The predicted molar refractivity (Wildman–Crippen MR) is 90.8 cm³/mol. The standard InChI is InChI=1S/C18H19N3O2/c1-12-4-2-3-5-16(12)21-18(23)20-15-8-6-13(7-9-15)17(22)19-14-10-11-14/h2-9,14H,10-11H2,1H3,(H,19,22)(H2,20,21,23). The van der Waals surface area contributed by atoms with Crippen molar-refractivity contribution in [1.82, 2.24) is 5.32 Å². The molecule has 0 spiro atoms. The van der Waals surface area contributed by atoms with Crippen molar-refractivity contribution in [3.63, 3.8) is 0 Å². The summed E-state index contributed by atoms with van der Waals surface area (Å²) in [6.45, 7) is 1.93. The predicted octanol–water partition coefficient (Wildman–Crippen LogP) is 3.53. The third-order valence-corrected chi connectivity index (χ3v) is 3.71. The molecule has 0 saturated heterocycles. The number of aryl methyl sites for hydroxylation is 1. The summed E-state index contributed by atoms with van der Waals surface area (Å²) in [6.07, 6.45) is 2.12. The van der Waals surface area contributed by atoms with Crippen molar-refractivity contribution in [2.24, 2.45) is 0 Å². The molecule has 0 bridgehead atoms. The van der Waals surface area contributed by atoms with Crippen LogP contribution in [0.4, 0.5) is 16.2 Å². The van der Waals surface area contributed by atoms with Crippen molar-refractivity contribution < 1.29 is 9.59 Å². The third-order valence-electron chi connectivity index (χ3n) is 3.71. The Hall–Kier alpha value is -2.82. The van der Waals surface area contributed by atoms with Gasteiger partial charge in [-0.1, -0.05) is 18.2 Å². The minimum absolute atomic E-state index is 0.0663. The fraction of sp³-hybridized carbons (Fsp3) is 0.222. The van der Waals surface area contributed by atoms with Crippen molar-refractivity contribution in [1.29, 1.82) is 0 Å². The second kappa shape index (κ2) is 6.52. The molecule has 1 fully saturated rings. The van der Waals surface area contributed by atoms with Crippen molar-refractivity contribution in [3.8, 4) is 0 Å². The minimum Gasteiger partial charge on any atom is -0.349 e. The number of urea groups is 1. The highest BCUT2D eigenvalue weighted by molar-refractivity contribution is 6.01. The Balaban J connectivity index is 1.58. The van der Waals surface area contributed by atoms with E-state index < -0.39 is 0 Å². The van der Waals surface area contributed by atoms with Gasteiger partial charge in [0.1, 0.15) is 0 Å². The van der Waals surface area contributed by atoms with Gasteiger partial charge in [0.25, 0.3) is 5.91 Å². The van der Waals surface area contributed by atoms with E-state index in [1.807, 2.05) is 31.2 Å². The highest BCUT2D eigenvalue weighted by Gasteiger charge is 2.23. The number of rotatable bonds is 4. The van der Waals surface area contributed by atoms with Gasteiger partial charge in [0.2, 0.25) is 0 Å². The summed E-state index contributed by atoms with van der Waals surface area (Å²) < 4.78 is 0. The van der Waals surface area contributed by atoms with Gasteiger partial charge in [0.15, 0.2) is 0 Å². The maximum Gasteiger partial charge on any atom is 0.323 e. The highest BCUT2D eigenvalue weighted by Crippen LogP contribution is 2.20. The number of benzene rings is 2. The van der Waals surface area contributed by atoms with Gasteiger partial charge in [0.05, 0.1) is 0 Å². The zero-order valence-electron chi connectivity index (χ0n) is 12.9. The topological polar surface area (TPSA) is 70.2 Å². The maximum atomic E-state index is 12.0. The van der Waals surface area contributed by atoms with Gasteiger partial charge in [-0.3, -0.25) is 4.79 Å². The summed E-state index contributed by atoms with van der Waals surface area (Å²) in [6, 6.07) is 14.5. The zero-order chi connectivity index (χ0) is 16.2. The highest BCUT2D eigenvalue weighted by atomic mass is 16.2. The Morgan fingerprint density at radius 1 is 0.957 bits per heavy atom. The lowest BCUT2D eigenvalue weighted by Crippen LogP contribution is -2.25. The molecule has 5 nitrogen and oxygen atoms in total. The number of hydrogen-bond acceptors (Lipinski definition) is 2. The Bertz CT molecular complexity index is 721. The Kier molecular flexibility index (Phi) is 4.28. The third kappa shape index (κ3) is 4.10. The first-order valence-electron chi connectivity index (χ1n) is 7.66. The van der Waals surface area contributed by atoms with Crippen LogP contribution in [0.2, 0.25) is 0 Å². The normalized spacial score (nSPS) is 13.3. The number of carbonyl (C=O) groups is 2. The molecule has 2 aromatic rings. The Labute approximate surface area is 135 Å². The molecular formula is C18H19N3O2. The van der Waals surface area contributed by atoms with Crippen LogP contribution in [0, 0.1) is 6.92 Å². The van der Waals surface area contributed by atoms with Crippen LogP contribution in [0.25, 0.3) is 0 Å². The quantitative estimate of drug-likeness (QED) is 0.808. The van der Waals surface area contributed by atoms with Crippen LogP contribution in [0.5, 0.6) is 0 Å². The van der Waals surface area contributed by atoms with E-state index in [4.69, 9.17) is 0 Å². The number of hydrogen-bond donors (Lipinski definition) is 3. The lowest BCUT2D eigenvalue weighted by atomic mass is 10.2. The van der Waals surface area contributed by atoms with E-state index in [0.717, 1.165) is 24.1 Å². The molecule has 0 aliphatic heterocycles. The van der Waals surface area contributed by atoms with Crippen molar-refractivity contribution in [2.45, 2.75) is 25.8 Å². The fourth-order valence-electron chi connectivity index (χ4n) is 2.20. The van der Waals surface area contributed by atoms with Crippen molar-refractivity contribution >= 4 is 23.3 Å². The average Bonchev–Trinajstić information content (AvgIpc) is 3.34. The lowest BCUT2D eigenvalue weighted by Gasteiger charge is -2.10. The monoisotopic (exact) mass is 309 g/mol. The van der Waals surface area contributed by atoms with E-state index in [9.17, 15) is 9.59 Å². The van der Waals surface area contributed by atoms with E-state index in [2.05, 4.69) is 16.0 Å². The summed E-state index contributed by atoms with van der Waals surface area (Å²) in [5.41, 5.74) is 3.00. The number of para-hydroxylation sites is 1. The Morgan fingerprint density at radius 3 is 2.30 bits per heavy atom. The number of amides is 3.